The molecule has 0 aromatic carbocycles. The van der Waals surface area contributed by atoms with E-state index in [0.29, 0.717) is 24.9 Å². The minimum absolute atomic E-state index is 0.0451. The van der Waals surface area contributed by atoms with Gasteiger partial charge in [0.25, 0.3) is 5.88 Å². The van der Waals surface area contributed by atoms with Gasteiger partial charge in [-0.05, 0) is 11.8 Å². The molecule has 0 bridgehead atoms. The lowest BCUT2D eigenvalue weighted by Crippen LogP contribution is -2.15. The van der Waals surface area contributed by atoms with Crippen LogP contribution in [-0.2, 0) is 0 Å². The van der Waals surface area contributed by atoms with Gasteiger partial charge >= 0.3 is 5.69 Å². The average molecular weight is 310 g/mol. The summed E-state index contributed by atoms with van der Waals surface area (Å²) in [5.41, 5.74) is -0.189. The largest absolute Gasteiger partial charge is 0.472 e. The molecule has 0 amide bonds. The first-order chi connectivity index (χ1) is 10.2. The summed E-state index contributed by atoms with van der Waals surface area (Å²) < 4.78 is 5.57. The molecule has 124 valence electrons. The van der Waals surface area contributed by atoms with Crippen LogP contribution in [0, 0.1) is 22.0 Å². The molecule has 1 N–H and O–H groups in total. The maximum absolute atomic E-state index is 11.4. The number of nitrogens with zero attached hydrogens (tertiary/aromatic N) is 3. The summed E-state index contributed by atoms with van der Waals surface area (Å²) in [4.78, 5) is 19.5. The number of anilines is 1. The fourth-order valence-electron chi connectivity index (χ4n) is 1.64. The SMILES string of the molecule is CC(C)CNc1nc(C(C)C)nc(OCC(C)C)c1[N+](=O)[O-]. The van der Waals surface area contributed by atoms with Gasteiger partial charge in [0.05, 0.1) is 11.5 Å². The molecule has 22 heavy (non-hydrogen) atoms. The van der Waals surface area contributed by atoms with Crippen LogP contribution >= 0.6 is 0 Å². The summed E-state index contributed by atoms with van der Waals surface area (Å²) in [5.74, 6) is 1.47. The second-order valence-electron chi connectivity index (χ2n) is 6.48. The molecule has 0 aliphatic heterocycles. The maximum atomic E-state index is 11.4. The van der Waals surface area contributed by atoms with Crippen molar-refractivity contribution in [2.45, 2.75) is 47.5 Å². The van der Waals surface area contributed by atoms with Crippen molar-refractivity contribution < 1.29 is 9.66 Å². The number of nitro groups is 1. The smallest absolute Gasteiger partial charge is 0.372 e. The lowest BCUT2D eigenvalue weighted by Gasteiger charge is -2.14. The van der Waals surface area contributed by atoms with Crippen molar-refractivity contribution in [3.8, 4) is 5.88 Å². The van der Waals surface area contributed by atoms with Crippen LogP contribution in [0.1, 0.15) is 53.3 Å². The number of ether oxygens (including phenoxy) is 1. The average Bonchev–Trinajstić information content (AvgIpc) is 2.41. The summed E-state index contributed by atoms with van der Waals surface area (Å²) in [5, 5.41) is 14.5. The summed E-state index contributed by atoms with van der Waals surface area (Å²) in [6, 6.07) is 0. The molecule has 1 aromatic heterocycles. The zero-order valence-electron chi connectivity index (χ0n) is 14.2. The Morgan fingerprint density at radius 3 is 2.23 bits per heavy atom. The van der Waals surface area contributed by atoms with E-state index in [-0.39, 0.29) is 29.2 Å². The molecule has 1 aromatic rings. The van der Waals surface area contributed by atoms with Crippen LogP contribution in [0.5, 0.6) is 5.88 Å². The van der Waals surface area contributed by atoms with Crippen LogP contribution in [0.3, 0.4) is 0 Å². The van der Waals surface area contributed by atoms with Gasteiger partial charge in [-0.3, -0.25) is 10.1 Å². The standard InChI is InChI=1S/C15H26N4O3/c1-9(2)7-16-14-12(19(20)21)15(22-8-10(3)4)18-13(17-14)11(5)6/h9-11H,7-8H2,1-6H3,(H,16,17,18). The van der Waals surface area contributed by atoms with Crippen molar-refractivity contribution in [1.82, 2.24) is 9.97 Å². The van der Waals surface area contributed by atoms with Gasteiger partial charge in [-0.1, -0.05) is 41.5 Å². The van der Waals surface area contributed by atoms with Crippen LogP contribution in [0.25, 0.3) is 0 Å². The minimum Gasteiger partial charge on any atom is -0.472 e. The molecule has 0 saturated carbocycles. The van der Waals surface area contributed by atoms with E-state index in [1.165, 1.54) is 0 Å². The lowest BCUT2D eigenvalue weighted by molar-refractivity contribution is -0.385. The van der Waals surface area contributed by atoms with Crippen LogP contribution in [0.2, 0.25) is 0 Å². The second kappa shape index (κ2) is 7.91. The van der Waals surface area contributed by atoms with Crippen molar-refractivity contribution in [3.63, 3.8) is 0 Å². The predicted molar refractivity (Wildman–Crippen MR) is 86.4 cm³/mol. The van der Waals surface area contributed by atoms with Crippen molar-refractivity contribution in [2.24, 2.45) is 11.8 Å². The van der Waals surface area contributed by atoms with Crippen molar-refractivity contribution in [3.05, 3.63) is 15.9 Å². The Hall–Kier alpha value is -1.92. The van der Waals surface area contributed by atoms with Gasteiger partial charge in [0, 0.05) is 12.5 Å². The highest BCUT2D eigenvalue weighted by molar-refractivity contribution is 5.61. The Morgan fingerprint density at radius 2 is 1.77 bits per heavy atom. The molecule has 0 aliphatic carbocycles. The van der Waals surface area contributed by atoms with Crippen molar-refractivity contribution in [2.75, 3.05) is 18.5 Å². The molecule has 0 spiro atoms. The van der Waals surface area contributed by atoms with E-state index in [1.807, 2.05) is 41.5 Å². The van der Waals surface area contributed by atoms with Gasteiger partial charge < -0.3 is 10.1 Å². The molecule has 1 rings (SSSR count). The highest BCUT2D eigenvalue weighted by Gasteiger charge is 2.27. The van der Waals surface area contributed by atoms with E-state index in [0.717, 1.165) is 0 Å². The van der Waals surface area contributed by atoms with E-state index in [1.54, 1.807) is 0 Å². The highest BCUT2D eigenvalue weighted by Crippen LogP contribution is 2.33. The zero-order chi connectivity index (χ0) is 16.9. The monoisotopic (exact) mass is 310 g/mol. The first-order valence-electron chi connectivity index (χ1n) is 7.65. The number of rotatable bonds is 8. The Labute approximate surface area is 131 Å². The third kappa shape index (κ3) is 5.13. The van der Waals surface area contributed by atoms with Crippen molar-refractivity contribution in [1.29, 1.82) is 0 Å². The van der Waals surface area contributed by atoms with Gasteiger partial charge in [0.15, 0.2) is 0 Å². The molecule has 0 aliphatic rings. The zero-order valence-corrected chi connectivity index (χ0v) is 14.2. The molecular weight excluding hydrogens is 284 g/mol. The third-order valence-corrected chi connectivity index (χ3v) is 2.80. The topological polar surface area (TPSA) is 90.2 Å². The second-order valence-corrected chi connectivity index (χ2v) is 6.48. The molecule has 0 atom stereocenters. The van der Waals surface area contributed by atoms with Gasteiger partial charge in [-0.15, -0.1) is 0 Å². The summed E-state index contributed by atoms with van der Waals surface area (Å²) in [6.45, 7) is 12.9. The molecule has 0 fully saturated rings. The number of hydrogen-bond acceptors (Lipinski definition) is 6. The fourth-order valence-corrected chi connectivity index (χ4v) is 1.64. The number of aromatic nitrogens is 2. The van der Waals surface area contributed by atoms with E-state index in [2.05, 4.69) is 15.3 Å². The molecule has 0 radical (unpaired) electrons. The highest BCUT2D eigenvalue weighted by atomic mass is 16.6. The maximum Gasteiger partial charge on any atom is 0.372 e. The van der Waals surface area contributed by atoms with Crippen molar-refractivity contribution >= 4 is 11.5 Å². The number of hydrogen-bond donors (Lipinski definition) is 1. The minimum atomic E-state index is -0.484. The summed E-state index contributed by atoms with van der Waals surface area (Å²) in [6.07, 6.45) is 0. The molecule has 7 heteroatoms. The number of nitrogens with one attached hydrogen (secondary N) is 1. The normalized spacial score (nSPS) is 11.3. The first-order valence-corrected chi connectivity index (χ1v) is 7.65. The van der Waals surface area contributed by atoms with Gasteiger partial charge in [-0.25, -0.2) is 4.98 Å². The van der Waals surface area contributed by atoms with Gasteiger partial charge in [0.1, 0.15) is 5.82 Å². The van der Waals surface area contributed by atoms with Gasteiger partial charge in [-0.2, -0.15) is 4.98 Å². The Balaban J connectivity index is 3.27. The molecule has 0 unspecified atom stereocenters. The molecule has 0 saturated heterocycles. The summed E-state index contributed by atoms with van der Waals surface area (Å²) in [7, 11) is 0. The van der Waals surface area contributed by atoms with Crippen LogP contribution < -0.4 is 10.1 Å². The molecular formula is C15H26N4O3. The predicted octanol–water partition coefficient (Wildman–Crippen LogP) is 3.61. The third-order valence-electron chi connectivity index (χ3n) is 2.80. The summed E-state index contributed by atoms with van der Waals surface area (Å²) >= 11 is 0. The van der Waals surface area contributed by atoms with Crippen LogP contribution in [0.4, 0.5) is 11.5 Å². The van der Waals surface area contributed by atoms with E-state index in [9.17, 15) is 10.1 Å². The van der Waals surface area contributed by atoms with Gasteiger partial charge in [0.2, 0.25) is 5.82 Å². The Kier molecular flexibility index (Phi) is 6.52. The lowest BCUT2D eigenvalue weighted by atomic mass is 10.2. The van der Waals surface area contributed by atoms with E-state index >= 15 is 0 Å². The van der Waals surface area contributed by atoms with E-state index < -0.39 is 4.92 Å². The van der Waals surface area contributed by atoms with Crippen LogP contribution in [0.15, 0.2) is 0 Å². The first kappa shape index (κ1) is 18.1. The van der Waals surface area contributed by atoms with Crippen LogP contribution in [-0.4, -0.2) is 28.0 Å². The van der Waals surface area contributed by atoms with E-state index in [4.69, 9.17) is 4.74 Å². The fraction of sp³-hybridized carbons (Fsp3) is 0.733. The molecule has 1 heterocycles. The Morgan fingerprint density at radius 1 is 1.14 bits per heavy atom. The quantitative estimate of drug-likeness (QED) is 0.582. The molecule has 7 nitrogen and oxygen atoms in total. The Bertz CT molecular complexity index is 483.